The molecule has 2 aromatic carbocycles. The smallest absolute Gasteiger partial charge is 0.170 e. The van der Waals surface area contributed by atoms with Crippen molar-refractivity contribution in [3.05, 3.63) is 64.7 Å². The molecule has 2 aromatic rings. The van der Waals surface area contributed by atoms with Crippen LogP contribution in [0, 0.1) is 5.41 Å². The number of ketones is 1. The van der Waals surface area contributed by atoms with Crippen molar-refractivity contribution in [1.82, 2.24) is 0 Å². The molecule has 0 aromatic heterocycles. The first-order valence-corrected chi connectivity index (χ1v) is 6.89. The lowest BCUT2D eigenvalue weighted by atomic mass is 9.80. The van der Waals surface area contributed by atoms with E-state index in [1.807, 2.05) is 0 Å². The number of carbonyl (C=O) groups excluding carboxylic acids is 1. The quantitative estimate of drug-likeness (QED) is 0.643. The molecule has 0 unspecified atom stereocenters. The first-order chi connectivity index (χ1) is 9.18. The van der Waals surface area contributed by atoms with Gasteiger partial charge in [-0.15, -0.1) is 0 Å². The molecule has 0 saturated carbocycles. The van der Waals surface area contributed by atoms with Gasteiger partial charge in [-0.1, -0.05) is 47.9 Å². The molecule has 2 aliphatic carbocycles. The maximum absolute atomic E-state index is 12.8. The number of benzene rings is 2. The Labute approximate surface area is 114 Å². The van der Waals surface area contributed by atoms with Gasteiger partial charge in [0.05, 0.1) is 0 Å². The molecule has 2 aliphatic rings. The Morgan fingerprint density at radius 2 is 1.53 bits per heavy atom. The molecule has 0 atom stereocenters. The Morgan fingerprint density at radius 1 is 0.895 bits per heavy atom. The molecule has 2 heteroatoms. The molecule has 0 amide bonds. The van der Waals surface area contributed by atoms with Crippen LogP contribution in [0.3, 0.4) is 0 Å². The van der Waals surface area contributed by atoms with Crippen LogP contribution in [0.5, 0.6) is 0 Å². The van der Waals surface area contributed by atoms with E-state index in [1.165, 1.54) is 22.2 Å². The fourth-order valence-corrected chi connectivity index (χ4v) is 3.77. The fourth-order valence-electron chi connectivity index (χ4n) is 3.77. The molecule has 0 saturated heterocycles. The molecule has 0 heterocycles. The number of fused-ring (bicyclic) bond motifs is 2. The van der Waals surface area contributed by atoms with Gasteiger partial charge in [0.25, 0.3) is 0 Å². The summed E-state index contributed by atoms with van der Waals surface area (Å²) in [6.45, 7) is 0. The van der Waals surface area contributed by atoms with E-state index in [-0.39, 0.29) is 5.41 Å². The summed E-state index contributed by atoms with van der Waals surface area (Å²) in [5.74, 6) is 0.363. The first kappa shape index (κ1) is 11.0. The zero-order valence-electron chi connectivity index (χ0n) is 11.1. The van der Waals surface area contributed by atoms with E-state index >= 15 is 0 Å². The second kappa shape index (κ2) is 3.60. The van der Waals surface area contributed by atoms with E-state index in [9.17, 15) is 4.79 Å². The van der Waals surface area contributed by atoms with Crippen LogP contribution in [0.25, 0.3) is 0 Å². The van der Waals surface area contributed by atoms with Gasteiger partial charge in [0.2, 0.25) is 0 Å². The summed E-state index contributed by atoms with van der Waals surface area (Å²) in [5, 5.41) is 0. The second-order valence-corrected chi connectivity index (χ2v) is 6.07. The number of hydrogen-bond acceptors (Lipinski definition) is 1. The van der Waals surface area contributed by atoms with E-state index in [4.69, 9.17) is 0 Å². The van der Waals surface area contributed by atoms with E-state index in [2.05, 4.69) is 50.3 Å². The van der Waals surface area contributed by atoms with Gasteiger partial charge in [-0.3, -0.25) is 4.79 Å². The average molecular weight is 246 g/mol. The van der Waals surface area contributed by atoms with Crippen LogP contribution in [0.1, 0.15) is 27.0 Å². The highest BCUT2D eigenvalue weighted by Crippen LogP contribution is 2.46. The summed E-state index contributed by atoms with van der Waals surface area (Å²) >= 11 is 0. The van der Waals surface area contributed by atoms with Crippen LogP contribution < -0.4 is 5.46 Å². The molecule has 0 fully saturated rings. The van der Waals surface area contributed by atoms with Gasteiger partial charge in [0.15, 0.2) is 5.78 Å². The minimum Gasteiger partial charge on any atom is -0.294 e. The Balaban J connectivity index is 1.80. The number of rotatable bonds is 0. The number of hydrogen-bond donors (Lipinski definition) is 0. The topological polar surface area (TPSA) is 17.1 Å². The standard InChI is InChI=1S/C17H15BO/c18-14-6-5-13-10-17(16(19)15(13)7-14)8-11-3-1-2-4-12(11)9-17/h1-7H,8-10,18H2. The van der Waals surface area contributed by atoms with Gasteiger partial charge in [-0.05, 0) is 36.0 Å². The summed E-state index contributed by atoms with van der Waals surface area (Å²) in [6.07, 6.45) is 2.74. The van der Waals surface area contributed by atoms with Gasteiger partial charge >= 0.3 is 0 Å². The van der Waals surface area contributed by atoms with Crippen molar-refractivity contribution in [3.63, 3.8) is 0 Å². The Morgan fingerprint density at radius 3 is 2.21 bits per heavy atom. The Bertz CT molecular complexity index is 677. The normalized spacial score (nSPS) is 18.6. The predicted molar refractivity (Wildman–Crippen MR) is 78.9 cm³/mol. The number of Topliss-reactive ketones (excluding diaryl/α,β-unsaturated/α-hetero) is 1. The first-order valence-electron chi connectivity index (χ1n) is 6.89. The molecule has 1 spiro atoms. The van der Waals surface area contributed by atoms with E-state index < -0.39 is 0 Å². The van der Waals surface area contributed by atoms with Crippen LogP contribution in [-0.4, -0.2) is 13.6 Å². The van der Waals surface area contributed by atoms with Crippen molar-refractivity contribution in [2.75, 3.05) is 0 Å². The van der Waals surface area contributed by atoms with Gasteiger partial charge in [-0.25, -0.2) is 0 Å². The fraction of sp³-hybridized carbons (Fsp3) is 0.235. The maximum atomic E-state index is 12.8. The highest BCUT2D eigenvalue weighted by atomic mass is 16.1. The molecular weight excluding hydrogens is 231 g/mol. The SMILES string of the molecule is Bc1ccc2c(c1)C(=O)C1(Cc3ccccc3C1)C2. The Kier molecular flexibility index (Phi) is 2.09. The van der Waals surface area contributed by atoms with Crippen molar-refractivity contribution < 1.29 is 4.79 Å². The lowest BCUT2D eigenvalue weighted by Crippen LogP contribution is -2.28. The Hall–Kier alpha value is -1.83. The lowest BCUT2D eigenvalue weighted by Gasteiger charge is -2.20. The summed E-state index contributed by atoms with van der Waals surface area (Å²) in [6, 6.07) is 14.8. The summed E-state index contributed by atoms with van der Waals surface area (Å²) in [4.78, 5) is 12.8. The van der Waals surface area contributed by atoms with Gasteiger partial charge in [0.1, 0.15) is 7.85 Å². The molecule has 0 N–H and O–H groups in total. The molecule has 0 radical (unpaired) electrons. The lowest BCUT2D eigenvalue weighted by molar-refractivity contribution is 0.0831. The van der Waals surface area contributed by atoms with Crippen molar-refractivity contribution in [2.24, 2.45) is 5.41 Å². The highest BCUT2D eigenvalue weighted by molar-refractivity contribution is 6.33. The minimum atomic E-state index is -0.181. The van der Waals surface area contributed by atoms with Crippen molar-refractivity contribution in [1.29, 1.82) is 0 Å². The average Bonchev–Trinajstić information content (AvgIpc) is 2.90. The number of carbonyl (C=O) groups is 1. The molecule has 92 valence electrons. The third-order valence-electron chi connectivity index (χ3n) is 4.70. The van der Waals surface area contributed by atoms with Crippen molar-refractivity contribution >= 4 is 19.1 Å². The zero-order valence-corrected chi connectivity index (χ0v) is 11.1. The summed E-state index contributed by atoms with van der Waals surface area (Å²) < 4.78 is 0. The van der Waals surface area contributed by atoms with E-state index in [0.717, 1.165) is 24.8 Å². The van der Waals surface area contributed by atoms with Crippen LogP contribution >= 0.6 is 0 Å². The van der Waals surface area contributed by atoms with Gasteiger partial charge in [0, 0.05) is 11.0 Å². The zero-order chi connectivity index (χ0) is 13.0. The highest BCUT2D eigenvalue weighted by Gasteiger charge is 2.48. The van der Waals surface area contributed by atoms with Crippen LogP contribution in [0.4, 0.5) is 0 Å². The largest absolute Gasteiger partial charge is 0.294 e. The van der Waals surface area contributed by atoms with E-state index in [0.29, 0.717) is 5.78 Å². The van der Waals surface area contributed by atoms with Crippen LogP contribution in [0.15, 0.2) is 42.5 Å². The monoisotopic (exact) mass is 246 g/mol. The van der Waals surface area contributed by atoms with Gasteiger partial charge < -0.3 is 0 Å². The second-order valence-electron chi connectivity index (χ2n) is 6.07. The van der Waals surface area contributed by atoms with E-state index in [1.54, 1.807) is 0 Å². The predicted octanol–water partition coefficient (Wildman–Crippen LogP) is 1.47. The minimum absolute atomic E-state index is 0.181. The summed E-state index contributed by atoms with van der Waals surface area (Å²) in [5.41, 5.74) is 5.93. The van der Waals surface area contributed by atoms with Crippen LogP contribution in [-0.2, 0) is 19.3 Å². The molecule has 4 rings (SSSR count). The molecule has 0 bridgehead atoms. The summed E-state index contributed by atoms with van der Waals surface area (Å²) in [7, 11) is 2.06. The third-order valence-corrected chi connectivity index (χ3v) is 4.70. The molecule has 0 aliphatic heterocycles. The van der Waals surface area contributed by atoms with Gasteiger partial charge in [-0.2, -0.15) is 0 Å². The molecule has 1 nitrogen and oxygen atoms in total. The maximum Gasteiger partial charge on any atom is 0.170 e. The molecule has 19 heavy (non-hydrogen) atoms. The van der Waals surface area contributed by atoms with Crippen LogP contribution in [0.2, 0.25) is 0 Å². The molecular formula is C17H15BO. The third kappa shape index (κ3) is 1.46. The van der Waals surface area contributed by atoms with Crippen molar-refractivity contribution in [2.45, 2.75) is 19.3 Å². The van der Waals surface area contributed by atoms with Crippen molar-refractivity contribution in [3.8, 4) is 0 Å².